The zero-order chi connectivity index (χ0) is 21.1. The SMILES string of the molecule is O=C(Nc1ccccc1Cl)N1CCCC(Cc2n[nH]c(=O)n2-c2ccccc2F)C1. The number of urea groups is 1. The highest BCUT2D eigenvalue weighted by Gasteiger charge is 2.26. The molecule has 0 aliphatic carbocycles. The molecule has 2 heterocycles. The van der Waals surface area contributed by atoms with Crippen LogP contribution in [0, 0.1) is 11.7 Å². The molecule has 4 rings (SSSR count). The minimum absolute atomic E-state index is 0.0940. The Morgan fingerprint density at radius 3 is 2.80 bits per heavy atom. The molecule has 1 fully saturated rings. The maximum absolute atomic E-state index is 14.2. The summed E-state index contributed by atoms with van der Waals surface area (Å²) < 4.78 is 15.5. The fourth-order valence-corrected chi connectivity index (χ4v) is 3.96. The number of nitrogens with one attached hydrogen (secondary N) is 2. The molecule has 2 N–H and O–H groups in total. The zero-order valence-electron chi connectivity index (χ0n) is 16.1. The van der Waals surface area contributed by atoms with Crippen molar-refractivity contribution in [2.75, 3.05) is 18.4 Å². The molecule has 3 aromatic rings. The number of halogens is 2. The molecule has 0 saturated carbocycles. The first-order valence-corrected chi connectivity index (χ1v) is 10.1. The number of benzene rings is 2. The third-order valence-corrected chi connectivity index (χ3v) is 5.56. The third kappa shape index (κ3) is 4.23. The first kappa shape index (κ1) is 20.2. The van der Waals surface area contributed by atoms with Crippen LogP contribution in [0.25, 0.3) is 5.69 Å². The summed E-state index contributed by atoms with van der Waals surface area (Å²) in [6, 6.07) is 12.9. The predicted molar refractivity (Wildman–Crippen MR) is 113 cm³/mol. The topological polar surface area (TPSA) is 83.0 Å². The van der Waals surface area contributed by atoms with E-state index in [1.54, 1.807) is 47.4 Å². The Hall–Kier alpha value is -3.13. The van der Waals surface area contributed by atoms with Crippen molar-refractivity contribution in [3.8, 4) is 5.69 Å². The molecule has 1 unspecified atom stereocenters. The molecular weight excluding hydrogens is 409 g/mol. The quantitative estimate of drug-likeness (QED) is 0.661. The molecule has 2 aromatic carbocycles. The Kier molecular flexibility index (Phi) is 5.85. The van der Waals surface area contributed by atoms with Crippen molar-refractivity contribution in [1.29, 1.82) is 0 Å². The van der Waals surface area contributed by atoms with E-state index < -0.39 is 11.5 Å². The number of para-hydroxylation sites is 2. The summed E-state index contributed by atoms with van der Waals surface area (Å²) in [5, 5.41) is 9.83. The molecule has 1 aliphatic rings. The van der Waals surface area contributed by atoms with Crippen LogP contribution < -0.4 is 11.0 Å². The van der Waals surface area contributed by atoms with Crippen molar-refractivity contribution in [1.82, 2.24) is 19.7 Å². The van der Waals surface area contributed by atoms with Crippen LogP contribution in [0.3, 0.4) is 0 Å². The van der Waals surface area contributed by atoms with Gasteiger partial charge in [-0.25, -0.2) is 23.6 Å². The van der Waals surface area contributed by atoms with E-state index >= 15 is 0 Å². The maximum atomic E-state index is 14.2. The van der Waals surface area contributed by atoms with Crippen molar-refractivity contribution in [3.05, 3.63) is 75.7 Å². The van der Waals surface area contributed by atoms with Gasteiger partial charge in [-0.05, 0) is 43.0 Å². The van der Waals surface area contributed by atoms with E-state index in [-0.39, 0.29) is 17.6 Å². The fourth-order valence-electron chi connectivity index (χ4n) is 3.78. The van der Waals surface area contributed by atoms with Gasteiger partial charge >= 0.3 is 11.7 Å². The monoisotopic (exact) mass is 429 g/mol. The molecule has 1 aromatic heterocycles. The highest BCUT2D eigenvalue weighted by molar-refractivity contribution is 6.33. The van der Waals surface area contributed by atoms with Gasteiger partial charge in [0.15, 0.2) is 0 Å². The molecule has 1 saturated heterocycles. The lowest BCUT2D eigenvalue weighted by molar-refractivity contribution is 0.176. The second-order valence-corrected chi connectivity index (χ2v) is 7.71. The Morgan fingerprint density at radius 2 is 2.00 bits per heavy atom. The molecule has 7 nitrogen and oxygen atoms in total. The zero-order valence-corrected chi connectivity index (χ0v) is 16.9. The molecule has 9 heteroatoms. The minimum Gasteiger partial charge on any atom is -0.324 e. The number of aromatic nitrogens is 3. The molecule has 2 amide bonds. The summed E-state index contributed by atoms with van der Waals surface area (Å²) in [7, 11) is 0. The molecule has 1 atom stereocenters. The lowest BCUT2D eigenvalue weighted by atomic mass is 9.94. The number of rotatable bonds is 4. The van der Waals surface area contributed by atoms with E-state index in [4.69, 9.17) is 11.6 Å². The third-order valence-electron chi connectivity index (χ3n) is 5.23. The van der Waals surface area contributed by atoms with Gasteiger partial charge < -0.3 is 10.2 Å². The van der Waals surface area contributed by atoms with Crippen molar-refractivity contribution >= 4 is 23.3 Å². The summed E-state index contributed by atoms with van der Waals surface area (Å²) in [6.45, 7) is 1.14. The Balaban J connectivity index is 1.48. The summed E-state index contributed by atoms with van der Waals surface area (Å²) in [5.74, 6) is 0.0477. The molecule has 30 heavy (non-hydrogen) atoms. The first-order valence-electron chi connectivity index (χ1n) is 9.74. The second-order valence-electron chi connectivity index (χ2n) is 7.30. The van der Waals surface area contributed by atoms with E-state index in [0.29, 0.717) is 36.0 Å². The normalized spacial score (nSPS) is 16.5. The number of anilines is 1. The van der Waals surface area contributed by atoms with Crippen LogP contribution in [-0.4, -0.2) is 38.8 Å². The van der Waals surface area contributed by atoms with E-state index in [9.17, 15) is 14.0 Å². The first-order chi connectivity index (χ1) is 14.5. The van der Waals surface area contributed by atoms with Gasteiger partial charge in [-0.3, -0.25) is 0 Å². The summed E-state index contributed by atoms with van der Waals surface area (Å²) in [6.07, 6.45) is 2.16. The van der Waals surface area contributed by atoms with Gasteiger partial charge in [0, 0.05) is 19.5 Å². The number of carbonyl (C=O) groups excluding carboxylic acids is 1. The second kappa shape index (κ2) is 8.71. The average Bonchev–Trinajstić information content (AvgIpc) is 3.10. The van der Waals surface area contributed by atoms with E-state index in [2.05, 4.69) is 15.5 Å². The number of amides is 2. The van der Waals surface area contributed by atoms with Crippen LogP contribution in [0.1, 0.15) is 18.7 Å². The standard InChI is InChI=1S/C21H21ClFN5O2/c22-15-7-1-3-9-17(15)24-20(29)27-11-5-6-14(13-27)12-19-25-26-21(30)28(19)18-10-4-2-8-16(18)23/h1-4,7-10,14H,5-6,11-13H2,(H,24,29)(H,26,30). The molecule has 0 radical (unpaired) electrons. The highest BCUT2D eigenvalue weighted by Crippen LogP contribution is 2.24. The fraction of sp³-hybridized carbons (Fsp3) is 0.286. The Morgan fingerprint density at radius 1 is 1.23 bits per heavy atom. The summed E-state index contributed by atoms with van der Waals surface area (Å²) >= 11 is 6.13. The number of likely N-dealkylation sites (tertiary alicyclic amines) is 1. The number of hydrogen-bond acceptors (Lipinski definition) is 3. The van der Waals surface area contributed by atoms with Gasteiger partial charge in [0.2, 0.25) is 0 Å². The molecule has 0 bridgehead atoms. The van der Waals surface area contributed by atoms with Crippen LogP contribution >= 0.6 is 11.6 Å². The number of H-pyrrole nitrogens is 1. The van der Waals surface area contributed by atoms with Crippen LogP contribution in [0.5, 0.6) is 0 Å². The van der Waals surface area contributed by atoms with Crippen molar-refractivity contribution in [3.63, 3.8) is 0 Å². The predicted octanol–water partition coefficient (Wildman–Crippen LogP) is 3.84. The number of nitrogens with zero attached hydrogens (tertiary/aromatic N) is 3. The van der Waals surface area contributed by atoms with Crippen LogP contribution in [0.4, 0.5) is 14.9 Å². The minimum atomic E-state index is -0.494. The average molecular weight is 430 g/mol. The smallest absolute Gasteiger partial charge is 0.324 e. The van der Waals surface area contributed by atoms with Crippen LogP contribution in [0.15, 0.2) is 53.3 Å². The van der Waals surface area contributed by atoms with Gasteiger partial charge in [-0.1, -0.05) is 35.9 Å². The largest absolute Gasteiger partial charge is 0.348 e. The highest BCUT2D eigenvalue weighted by atomic mass is 35.5. The number of hydrogen-bond donors (Lipinski definition) is 2. The van der Waals surface area contributed by atoms with E-state index in [1.807, 2.05) is 0 Å². The molecular formula is C21H21ClFN5O2. The van der Waals surface area contributed by atoms with Crippen molar-refractivity contribution in [2.24, 2.45) is 5.92 Å². The molecule has 1 aliphatic heterocycles. The number of piperidine rings is 1. The van der Waals surface area contributed by atoms with Gasteiger partial charge in [-0.2, -0.15) is 5.10 Å². The van der Waals surface area contributed by atoms with Gasteiger partial charge in [0.1, 0.15) is 11.6 Å². The summed E-state index contributed by atoms with van der Waals surface area (Å²) in [5.41, 5.74) is 0.238. The van der Waals surface area contributed by atoms with E-state index in [0.717, 1.165) is 12.8 Å². The Labute approximate surface area is 177 Å². The van der Waals surface area contributed by atoms with Crippen LogP contribution in [0.2, 0.25) is 5.02 Å². The Bertz CT molecular complexity index is 1110. The van der Waals surface area contributed by atoms with Gasteiger partial charge in [0.05, 0.1) is 16.4 Å². The molecule has 0 spiro atoms. The van der Waals surface area contributed by atoms with Crippen LogP contribution in [-0.2, 0) is 6.42 Å². The van der Waals surface area contributed by atoms with Crippen molar-refractivity contribution in [2.45, 2.75) is 19.3 Å². The van der Waals surface area contributed by atoms with E-state index in [1.165, 1.54) is 10.6 Å². The maximum Gasteiger partial charge on any atom is 0.348 e. The lowest BCUT2D eigenvalue weighted by Crippen LogP contribution is -2.43. The van der Waals surface area contributed by atoms with Gasteiger partial charge in [0.25, 0.3) is 0 Å². The lowest BCUT2D eigenvalue weighted by Gasteiger charge is -2.32. The number of aromatic amines is 1. The number of carbonyl (C=O) groups is 1. The van der Waals surface area contributed by atoms with Crippen molar-refractivity contribution < 1.29 is 9.18 Å². The summed E-state index contributed by atoms with van der Waals surface area (Å²) in [4.78, 5) is 26.6. The molecule has 156 valence electrons. The van der Waals surface area contributed by atoms with Gasteiger partial charge in [-0.15, -0.1) is 0 Å².